The lowest BCUT2D eigenvalue weighted by molar-refractivity contribution is -0.138. The van der Waals surface area contributed by atoms with Crippen LogP contribution in [0.15, 0.2) is 102 Å². The minimum Gasteiger partial charge on any atom is -0.369 e. The highest BCUT2D eigenvalue weighted by Crippen LogP contribution is 2.38. The number of likely N-dealkylation sites (N-methyl/N-ethyl adjacent to an activating group) is 1. The summed E-state index contributed by atoms with van der Waals surface area (Å²) in [6.45, 7) is 3.87. The van der Waals surface area contributed by atoms with Gasteiger partial charge in [-0.3, -0.25) is 9.36 Å². The number of hydrogen-bond donors (Lipinski definition) is 0. The van der Waals surface area contributed by atoms with E-state index in [1.807, 2.05) is 24.3 Å². The van der Waals surface area contributed by atoms with Gasteiger partial charge in [0, 0.05) is 55.1 Å². The number of halogens is 3. The standard InChI is InChI=1S/C32H28F3N5O/c1-38-17-19-39(20-18-38)25-14-11-23(12-15-25)30-36-21-24-13-16-28(41)40(31(24)37-30)29(22-7-3-2-4-8-22)26-9-5-6-10-27(26)32(33,34)35/h2-16,21,29H,17-20H2,1H3. The molecule has 0 bridgehead atoms. The van der Waals surface area contributed by atoms with Crippen molar-refractivity contribution in [3.63, 3.8) is 0 Å². The van der Waals surface area contributed by atoms with E-state index >= 15 is 0 Å². The van der Waals surface area contributed by atoms with Crippen molar-refractivity contribution in [3.05, 3.63) is 124 Å². The van der Waals surface area contributed by atoms with Crippen molar-refractivity contribution in [2.24, 2.45) is 0 Å². The second kappa shape index (κ2) is 10.8. The summed E-state index contributed by atoms with van der Waals surface area (Å²) < 4.78 is 44.0. The summed E-state index contributed by atoms with van der Waals surface area (Å²) in [7, 11) is 2.11. The van der Waals surface area contributed by atoms with Gasteiger partial charge in [0.15, 0.2) is 5.82 Å². The average Bonchev–Trinajstić information content (AvgIpc) is 2.99. The number of piperazine rings is 1. The van der Waals surface area contributed by atoms with E-state index in [1.54, 1.807) is 48.7 Å². The van der Waals surface area contributed by atoms with E-state index in [0.29, 0.717) is 16.8 Å². The summed E-state index contributed by atoms with van der Waals surface area (Å²) in [5.74, 6) is 0.387. The number of alkyl halides is 3. The molecular formula is C32H28F3N5O. The Balaban J connectivity index is 1.49. The Morgan fingerprint density at radius 3 is 2.20 bits per heavy atom. The largest absolute Gasteiger partial charge is 0.416 e. The van der Waals surface area contributed by atoms with E-state index in [1.165, 1.54) is 22.8 Å². The Bertz CT molecular complexity index is 1730. The summed E-state index contributed by atoms with van der Waals surface area (Å²) in [6.07, 6.45) is -3.00. The first kappa shape index (κ1) is 26.7. The second-order valence-corrected chi connectivity index (χ2v) is 10.2. The van der Waals surface area contributed by atoms with E-state index in [2.05, 4.69) is 21.8 Å². The van der Waals surface area contributed by atoms with Crippen molar-refractivity contribution >= 4 is 16.7 Å². The fourth-order valence-electron chi connectivity index (χ4n) is 5.41. The maximum atomic E-state index is 14.2. The van der Waals surface area contributed by atoms with Crippen LogP contribution in [0.1, 0.15) is 22.7 Å². The lowest BCUT2D eigenvalue weighted by atomic mass is 9.93. The normalized spacial score (nSPS) is 15.3. The van der Waals surface area contributed by atoms with Crippen LogP contribution in [0.25, 0.3) is 22.4 Å². The third-order valence-electron chi connectivity index (χ3n) is 7.60. The topological polar surface area (TPSA) is 54.3 Å². The molecule has 1 atom stereocenters. The first-order chi connectivity index (χ1) is 19.8. The van der Waals surface area contributed by atoms with Gasteiger partial charge >= 0.3 is 6.18 Å². The summed E-state index contributed by atoms with van der Waals surface area (Å²) in [5, 5.41) is 0.549. The maximum Gasteiger partial charge on any atom is 0.416 e. The van der Waals surface area contributed by atoms with Gasteiger partial charge in [0.2, 0.25) is 0 Å². The van der Waals surface area contributed by atoms with Crippen LogP contribution in [0.5, 0.6) is 0 Å². The molecule has 0 saturated carbocycles. The minimum absolute atomic E-state index is 0.0301. The maximum absolute atomic E-state index is 14.2. The lowest BCUT2D eigenvalue weighted by Crippen LogP contribution is -2.44. The van der Waals surface area contributed by atoms with Crippen molar-refractivity contribution in [2.75, 3.05) is 38.1 Å². The Morgan fingerprint density at radius 2 is 1.49 bits per heavy atom. The van der Waals surface area contributed by atoms with Gasteiger partial charge < -0.3 is 9.80 Å². The lowest BCUT2D eigenvalue weighted by Gasteiger charge is -2.34. The van der Waals surface area contributed by atoms with Gasteiger partial charge in [0.05, 0.1) is 11.6 Å². The third kappa shape index (κ3) is 5.32. The minimum atomic E-state index is -4.61. The van der Waals surface area contributed by atoms with Gasteiger partial charge in [-0.25, -0.2) is 9.97 Å². The zero-order valence-corrected chi connectivity index (χ0v) is 22.4. The van der Waals surface area contributed by atoms with Crippen LogP contribution < -0.4 is 10.5 Å². The van der Waals surface area contributed by atoms with Gasteiger partial charge in [0.25, 0.3) is 5.56 Å². The molecular weight excluding hydrogens is 527 g/mol. The van der Waals surface area contributed by atoms with Crippen LogP contribution in [0.3, 0.4) is 0 Å². The number of pyridine rings is 1. The zero-order valence-electron chi connectivity index (χ0n) is 22.4. The van der Waals surface area contributed by atoms with Crippen LogP contribution >= 0.6 is 0 Å². The summed E-state index contributed by atoms with van der Waals surface area (Å²) >= 11 is 0. The van der Waals surface area contributed by atoms with Crippen molar-refractivity contribution in [2.45, 2.75) is 12.2 Å². The van der Waals surface area contributed by atoms with Crippen LogP contribution in [-0.4, -0.2) is 52.7 Å². The summed E-state index contributed by atoms with van der Waals surface area (Å²) in [5.41, 5.74) is 1.36. The Labute approximate surface area is 235 Å². The molecule has 1 aliphatic heterocycles. The smallest absolute Gasteiger partial charge is 0.369 e. The van der Waals surface area contributed by atoms with Gasteiger partial charge in [-0.2, -0.15) is 13.2 Å². The second-order valence-electron chi connectivity index (χ2n) is 10.2. The van der Waals surface area contributed by atoms with E-state index in [9.17, 15) is 18.0 Å². The SMILES string of the molecule is CN1CCN(c2ccc(-c3ncc4ccc(=O)n(C(c5ccccc5)c5ccccc5C(F)(F)F)c4n3)cc2)CC1. The van der Waals surface area contributed by atoms with Crippen molar-refractivity contribution in [1.82, 2.24) is 19.4 Å². The molecule has 208 valence electrons. The number of aromatic nitrogens is 3. The molecule has 6 rings (SSSR count). The van der Waals surface area contributed by atoms with Gasteiger partial charge in [-0.15, -0.1) is 0 Å². The Hall–Kier alpha value is -4.50. The van der Waals surface area contributed by atoms with Crippen LogP contribution in [0.2, 0.25) is 0 Å². The monoisotopic (exact) mass is 555 g/mol. The molecule has 3 aromatic carbocycles. The highest BCUT2D eigenvalue weighted by atomic mass is 19.4. The Morgan fingerprint density at radius 1 is 0.805 bits per heavy atom. The van der Waals surface area contributed by atoms with E-state index in [0.717, 1.165) is 43.5 Å². The molecule has 3 heterocycles. The molecule has 9 heteroatoms. The van der Waals surface area contributed by atoms with Crippen molar-refractivity contribution < 1.29 is 13.2 Å². The molecule has 0 radical (unpaired) electrons. The molecule has 1 unspecified atom stereocenters. The van der Waals surface area contributed by atoms with Crippen LogP contribution in [0.4, 0.5) is 18.9 Å². The fourth-order valence-corrected chi connectivity index (χ4v) is 5.41. The number of benzene rings is 3. The third-order valence-corrected chi connectivity index (χ3v) is 7.60. The van der Waals surface area contributed by atoms with Crippen molar-refractivity contribution in [3.8, 4) is 11.4 Å². The molecule has 2 aromatic heterocycles. The number of hydrogen-bond acceptors (Lipinski definition) is 5. The number of anilines is 1. The molecule has 6 nitrogen and oxygen atoms in total. The predicted molar refractivity (Wildman–Crippen MR) is 154 cm³/mol. The Kier molecular flexibility index (Phi) is 7.05. The van der Waals surface area contributed by atoms with Crippen LogP contribution in [0, 0.1) is 0 Å². The van der Waals surface area contributed by atoms with Gasteiger partial charge in [0.1, 0.15) is 5.65 Å². The van der Waals surface area contributed by atoms with Crippen molar-refractivity contribution in [1.29, 1.82) is 0 Å². The molecule has 5 aromatic rings. The molecule has 1 fully saturated rings. The summed E-state index contributed by atoms with van der Waals surface area (Å²) in [4.78, 5) is 27.4. The fraction of sp³-hybridized carbons (Fsp3) is 0.219. The van der Waals surface area contributed by atoms with E-state index in [4.69, 9.17) is 4.98 Å². The molecule has 41 heavy (non-hydrogen) atoms. The highest BCUT2D eigenvalue weighted by Gasteiger charge is 2.36. The molecule has 0 amide bonds. The number of fused-ring (bicyclic) bond motifs is 1. The predicted octanol–water partition coefficient (Wildman–Crippen LogP) is 5.87. The first-order valence-corrected chi connectivity index (χ1v) is 13.4. The van der Waals surface area contributed by atoms with Gasteiger partial charge in [-0.1, -0.05) is 48.5 Å². The van der Waals surface area contributed by atoms with E-state index < -0.39 is 23.3 Å². The van der Waals surface area contributed by atoms with E-state index in [-0.39, 0.29) is 11.2 Å². The van der Waals surface area contributed by atoms with Crippen LogP contribution in [-0.2, 0) is 6.18 Å². The molecule has 0 N–H and O–H groups in total. The number of nitrogens with zero attached hydrogens (tertiary/aromatic N) is 5. The average molecular weight is 556 g/mol. The quantitative estimate of drug-likeness (QED) is 0.272. The zero-order chi connectivity index (χ0) is 28.6. The summed E-state index contributed by atoms with van der Waals surface area (Å²) in [6, 6.07) is 23.9. The number of rotatable bonds is 5. The molecule has 1 aliphatic rings. The molecule has 0 aliphatic carbocycles. The van der Waals surface area contributed by atoms with Gasteiger partial charge in [-0.05, 0) is 54.6 Å². The molecule has 0 spiro atoms. The molecule has 1 saturated heterocycles. The highest BCUT2D eigenvalue weighted by molar-refractivity contribution is 5.77. The first-order valence-electron chi connectivity index (χ1n) is 13.4.